The molecule has 0 saturated carbocycles. The number of carboxylic acids is 1. The number of carbonyl (C=O) groups excluding carboxylic acids is 1. The second-order valence-corrected chi connectivity index (χ2v) is 3.02. The van der Waals surface area contributed by atoms with Crippen LogP contribution in [0.1, 0.15) is 29.1 Å². The molecule has 0 aromatic carbocycles. The second kappa shape index (κ2) is 5.14. The van der Waals surface area contributed by atoms with Crippen molar-refractivity contribution < 1.29 is 19.1 Å². The Morgan fingerprint density at radius 1 is 1.60 bits per heavy atom. The third-order valence-electron chi connectivity index (χ3n) is 1.80. The first kappa shape index (κ1) is 11.2. The molecule has 0 saturated heterocycles. The van der Waals surface area contributed by atoms with E-state index in [0.29, 0.717) is 18.7 Å². The number of nitrogens with zero attached hydrogens (tertiary/aromatic N) is 1. The molecule has 0 atom stereocenters. The highest BCUT2D eigenvalue weighted by molar-refractivity contribution is 5.92. The number of rotatable bonds is 5. The SMILES string of the molecule is Cc1ncoc1C(=O)NCCCC(=O)O. The van der Waals surface area contributed by atoms with Crippen LogP contribution >= 0.6 is 0 Å². The fourth-order valence-electron chi connectivity index (χ4n) is 1.04. The Balaban J connectivity index is 2.31. The maximum Gasteiger partial charge on any atom is 0.303 e. The molecule has 82 valence electrons. The highest BCUT2D eigenvalue weighted by Gasteiger charge is 2.12. The van der Waals surface area contributed by atoms with Crippen molar-refractivity contribution in [1.82, 2.24) is 10.3 Å². The first-order valence-corrected chi connectivity index (χ1v) is 4.51. The lowest BCUT2D eigenvalue weighted by Gasteiger charge is -2.01. The quantitative estimate of drug-likeness (QED) is 0.696. The van der Waals surface area contributed by atoms with E-state index in [9.17, 15) is 9.59 Å². The van der Waals surface area contributed by atoms with E-state index in [1.54, 1.807) is 6.92 Å². The van der Waals surface area contributed by atoms with E-state index >= 15 is 0 Å². The minimum atomic E-state index is -0.875. The summed E-state index contributed by atoms with van der Waals surface area (Å²) in [6, 6.07) is 0. The molecule has 1 amide bonds. The van der Waals surface area contributed by atoms with Crippen LogP contribution in [0.5, 0.6) is 0 Å². The van der Waals surface area contributed by atoms with Gasteiger partial charge in [-0.05, 0) is 13.3 Å². The summed E-state index contributed by atoms with van der Waals surface area (Å²) >= 11 is 0. The zero-order valence-electron chi connectivity index (χ0n) is 8.32. The average Bonchev–Trinajstić information content (AvgIpc) is 2.58. The molecule has 15 heavy (non-hydrogen) atoms. The molecule has 0 aliphatic heterocycles. The van der Waals surface area contributed by atoms with Crippen LogP contribution in [-0.4, -0.2) is 28.5 Å². The Morgan fingerprint density at radius 3 is 2.87 bits per heavy atom. The molecule has 0 radical (unpaired) electrons. The van der Waals surface area contributed by atoms with Crippen molar-refractivity contribution in [3.05, 3.63) is 17.8 Å². The van der Waals surface area contributed by atoms with E-state index in [0.717, 1.165) is 0 Å². The fourth-order valence-corrected chi connectivity index (χ4v) is 1.04. The second-order valence-electron chi connectivity index (χ2n) is 3.02. The van der Waals surface area contributed by atoms with E-state index in [1.807, 2.05) is 0 Å². The van der Waals surface area contributed by atoms with Crippen molar-refractivity contribution in [2.24, 2.45) is 0 Å². The molecule has 1 heterocycles. The molecule has 0 fully saturated rings. The summed E-state index contributed by atoms with van der Waals surface area (Å²) in [5.74, 6) is -1.07. The van der Waals surface area contributed by atoms with Crippen molar-refractivity contribution in [3.63, 3.8) is 0 Å². The van der Waals surface area contributed by atoms with Crippen LogP contribution in [0.3, 0.4) is 0 Å². The molecule has 6 heteroatoms. The lowest BCUT2D eigenvalue weighted by Crippen LogP contribution is -2.25. The van der Waals surface area contributed by atoms with E-state index in [-0.39, 0.29) is 18.1 Å². The minimum Gasteiger partial charge on any atom is -0.481 e. The molecular weight excluding hydrogens is 200 g/mol. The topological polar surface area (TPSA) is 92.4 Å². The Hall–Kier alpha value is -1.85. The van der Waals surface area contributed by atoms with E-state index in [4.69, 9.17) is 9.52 Å². The molecule has 1 aromatic heterocycles. The van der Waals surface area contributed by atoms with Crippen LogP contribution in [-0.2, 0) is 4.79 Å². The van der Waals surface area contributed by atoms with Crippen molar-refractivity contribution in [2.75, 3.05) is 6.54 Å². The maximum absolute atomic E-state index is 11.4. The number of hydrogen-bond donors (Lipinski definition) is 2. The van der Waals surface area contributed by atoms with Crippen LogP contribution < -0.4 is 5.32 Å². The summed E-state index contributed by atoms with van der Waals surface area (Å²) in [6.07, 6.45) is 1.63. The molecule has 1 aromatic rings. The molecule has 0 aliphatic rings. The van der Waals surface area contributed by atoms with E-state index < -0.39 is 5.97 Å². The van der Waals surface area contributed by atoms with Gasteiger partial charge in [0.1, 0.15) is 0 Å². The van der Waals surface area contributed by atoms with Crippen LogP contribution in [0, 0.1) is 6.92 Å². The Labute approximate surface area is 86.3 Å². The number of oxazole rings is 1. The average molecular weight is 212 g/mol. The maximum atomic E-state index is 11.4. The van der Waals surface area contributed by atoms with Gasteiger partial charge in [0.05, 0.1) is 5.69 Å². The number of amides is 1. The highest BCUT2D eigenvalue weighted by Crippen LogP contribution is 2.04. The standard InChI is InChI=1S/C9H12N2O4/c1-6-8(15-5-11-6)9(14)10-4-2-3-7(12)13/h5H,2-4H2,1H3,(H,10,14)(H,12,13). The predicted molar refractivity (Wildman–Crippen MR) is 50.4 cm³/mol. The summed E-state index contributed by atoms with van der Waals surface area (Å²) in [5.41, 5.74) is 0.519. The van der Waals surface area contributed by atoms with Crippen molar-refractivity contribution in [2.45, 2.75) is 19.8 Å². The van der Waals surface area contributed by atoms with Gasteiger partial charge >= 0.3 is 5.97 Å². The van der Waals surface area contributed by atoms with Gasteiger partial charge in [-0.2, -0.15) is 0 Å². The van der Waals surface area contributed by atoms with Crippen LogP contribution in [0.15, 0.2) is 10.8 Å². The number of aryl methyl sites for hydroxylation is 1. The molecule has 0 aliphatic carbocycles. The Kier molecular flexibility index (Phi) is 3.84. The van der Waals surface area contributed by atoms with Gasteiger partial charge in [-0.3, -0.25) is 9.59 Å². The molecule has 6 nitrogen and oxygen atoms in total. The summed E-state index contributed by atoms with van der Waals surface area (Å²) in [7, 11) is 0. The molecule has 0 bridgehead atoms. The molecule has 1 rings (SSSR count). The van der Waals surface area contributed by atoms with Gasteiger partial charge in [0.25, 0.3) is 5.91 Å². The molecule has 2 N–H and O–H groups in total. The summed E-state index contributed by atoms with van der Waals surface area (Å²) in [4.78, 5) is 25.3. The zero-order valence-corrected chi connectivity index (χ0v) is 8.32. The Morgan fingerprint density at radius 2 is 2.33 bits per heavy atom. The van der Waals surface area contributed by atoms with E-state index in [1.165, 1.54) is 6.39 Å². The largest absolute Gasteiger partial charge is 0.481 e. The predicted octanol–water partition coefficient (Wildman–Crippen LogP) is 0.578. The molecule has 0 spiro atoms. The lowest BCUT2D eigenvalue weighted by molar-refractivity contribution is -0.137. The van der Waals surface area contributed by atoms with Gasteiger partial charge < -0.3 is 14.8 Å². The fraction of sp³-hybridized carbons (Fsp3) is 0.444. The van der Waals surface area contributed by atoms with Gasteiger partial charge in [-0.1, -0.05) is 0 Å². The van der Waals surface area contributed by atoms with Crippen molar-refractivity contribution in [3.8, 4) is 0 Å². The van der Waals surface area contributed by atoms with Crippen LogP contribution in [0.4, 0.5) is 0 Å². The van der Waals surface area contributed by atoms with Gasteiger partial charge in [0.2, 0.25) is 5.76 Å². The van der Waals surface area contributed by atoms with Gasteiger partial charge in [-0.15, -0.1) is 0 Å². The highest BCUT2D eigenvalue weighted by atomic mass is 16.4. The van der Waals surface area contributed by atoms with Crippen LogP contribution in [0.2, 0.25) is 0 Å². The summed E-state index contributed by atoms with van der Waals surface area (Å²) in [6.45, 7) is 1.97. The van der Waals surface area contributed by atoms with Crippen molar-refractivity contribution in [1.29, 1.82) is 0 Å². The minimum absolute atomic E-state index is 0.0374. The zero-order chi connectivity index (χ0) is 11.3. The first-order valence-electron chi connectivity index (χ1n) is 4.51. The Bertz CT molecular complexity index is 359. The molecule has 0 unspecified atom stereocenters. The number of nitrogens with one attached hydrogen (secondary N) is 1. The summed E-state index contributed by atoms with van der Waals surface area (Å²) < 4.78 is 4.86. The number of aliphatic carboxylic acids is 1. The van der Waals surface area contributed by atoms with E-state index in [2.05, 4.69) is 10.3 Å². The molecular formula is C9H12N2O4. The number of carbonyl (C=O) groups is 2. The van der Waals surface area contributed by atoms with Gasteiger partial charge in [-0.25, -0.2) is 4.98 Å². The van der Waals surface area contributed by atoms with Gasteiger partial charge in [0, 0.05) is 13.0 Å². The third kappa shape index (κ3) is 3.41. The normalized spacial score (nSPS) is 9.93. The number of carboxylic acid groups (broad SMARTS) is 1. The van der Waals surface area contributed by atoms with Crippen LogP contribution in [0.25, 0.3) is 0 Å². The third-order valence-corrected chi connectivity index (χ3v) is 1.80. The number of aromatic nitrogens is 1. The number of hydrogen-bond acceptors (Lipinski definition) is 4. The summed E-state index contributed by atoms with van der Waals surface area (Å²) in [5, 5.41) is 10.9. The smallest absolute Gasteiger partial charge is 0.303 e. The lowest BCUT2D eigenvalue weighted by atomic mass is 10.3. The van der Waals surface area contributed by atoms with Gasteiger partial charge in [0.15, 0.2) is 6.39 Å². The monoisotopic (exact) mass is 212 g/mol. The first-order chi connectivity index (χ1) is 7.11. The van der Waals surface area contributed by atoms with Crippen molar-refractivity contribution >= 4 is 11.9 Å².